The lowest BCUT2D eigenvalue weighted by molar-refractivity contribution is -0.384. The zero-order valence-electron chi connectivity index (χ0n) is 12.8. The Hall–Kier alpha value is -2.25. The maximum Gasteiger partial charge on any atom is 0.292 e. The number of nitro groups is 1. The van der Waals surface area contributed by atoms with E-state index in [1.807, 2.05) is 36.4 Å². The van der Waals surface area contributed by atoms with E-state index < -0.39 is 15.7 Å². The summed E-state index contributed by atoms with van der Waals surface area (Å²) in [5.74, 6) is 0.501. The smallest absolute Gasteiger partial charge is 0.292 e. The second-order valence-electron chi connectivity index (χ2n) is 4.90. The van der Waals surface area contributed by atoms with Gasteiger partial charge in [0.25, 0.3) is 5.69 Å². The number of benzene rings is 2. The summed E-state index contributed by atoms with van der Waals surface area (Å²) in [6.45, 7) is 1.07. The summed E-state index contributed by atoms with van der Waals surface area (Å²) in [6, 6.07) is 14.4. The molecule has 0 aromatic heterocycles. The molecule has 2 aromatic carbocycles. The van der Waals surface area contributed by atoms with Crippen LogP contribution in [0.5, 0.6) is 0 Å². The van der Waals surface area contributed by atoms with Crippen molar-refractivity contribution in [3.8, 4) is 0 Å². The summed E-state index contributed by atoms with van der Waals surface area (Å²) in [5.41, 5.74) is 1.37. The molecule has 122 valence electrons. The predicted molar refractivity (Wildman–Crippen MR) is 92.1 cm³/mol. The number of nitrogens with one attached hydrogen (secondary N) is 2. The molecule has 0 aliphatic carbocycles. The van der Waals surface area contributed by atoms with Crippen LogP contribution in [0.1, 0.15) is 5.56 Å². The van der Waals surface area contributed by atoms with E-state index >= 15 is 0 Å². The van der Waals surface area contributed by atoms with Crippen LogP contribution in [0.2, 0.25) is 0 Å². The van der Waals surface area contributed by atoms with E-state index in [1.165, 1.54) is 0 Å². The predicted octanol–water partition coefficient (Wildman–Crippen LogP) is 2.53. The van der Waals surface area contributed by atoms with E-state index in [9.17, 15) is 14.3 Å². The third-order valence-corrected chi connectivity index (χ3v) is 4.70. The normalized spacial score (nSPS) is 11.9. The molecule has 0 radical (unpaired) electrons. The third kappa shape index (κ3) is 4.87. The number of hydrogen-bond acceptors (Lipinski definition) is 5. The molecule has 0 aliphatic rings. The highest BCUT2D eigenvalue weighted by atomic mass is 32.2. The molecule has 2 rings (SSSR count). The van der Waals surface area contributed by atoms with E-state index in [0.29, 0.717) is 24.5 Å². The van der Waals surface area contributed by atoms with Crippen molar-refractivity contribution in [2.75, 3.05) is 24.7 Å². The molecule has 0 amide bonds. The standard InChI is InChI=1S/C16H19N3O3S/c1-17-15-8-7-13(11-16(15)19(20)21)12-18-9-10-23(22)14-5-3-2-4-6-14/h2-8,11,17-18H,9-10,12H2,1H3/t23-/m1/s1. The van der Waals surface area contributed by atoms with Crippen LogP contribution in [0.4, 0.5) is 11.4 Å². The number of rotatable bonds is 8. The molecule has 0 heterocycles. The molecule has 0 saturated heterocycles. The average molecular weight is 333 g/mol. The van der Waals surface area contributed by atoms with Gasteiger partial charge < -0.3 is 10.6 Å². The molecule has 0 bridgehead atoms. The molecular formula is C16H19N3O3S. The van der Waals surface area contributed by atoms with Crippen LogP contribution >= 0.6 is 0 Å². The van der Waals surface area contributed by atoms with Gasteiger partial charge in [-0.05, 0) is 23.8 Å². The molecule has 6 nitrogen and oxygen atoms in total. The fraction of sp³-hybridized carbons (Fsp3) is 0.250. The van der Waals surface area contributed by atoms with E-state index in [-0.39, 0.29) is 5.69 Å². The van der Waals surface area contributed by atoms with Gasteiger partial charge >= 0.3 is 0 Å². The van der Waals surface area contributed by atoms with Gasteiger partial charge in [-0.25, -0.2) is 0 Å². The molecule has 7 heteroatoms. The first-order valence-corrected chi connectivity index (χ1v) is 8.53. The van der Waals surface area contributed by atoms with Gasteiger partial charge in [0.15, 0.2) is 0 Å². The van der Waals surface area contributed by atoms with Crippen LogP contribution < -0.4 is 10.6 Å². The number of nitro benzene ring substituents is 1. The molecule has 0 saturated carbocycles. The SMILES string of the molecule is CNc1ccc(CNCC[S@@](=O)c2ccccc2)cc1[N+](=O)[O-]. The largest absolute Gasteiger partial charge is 0.383 e. The second-order valence-corrected chi connectivity index (χ2v) is 6.47. The first-order valence-electron chi connectivity index (χ1n) is 7.21. The highest BCUT2D eigenvalue weighted by molar-refractivity contribution is 7.85. The van der Waals surface area contributed by atoms with Gasteiger partial charge in [0.05, 0.1) is 15.7 Å². The van der Waals surface area contributed by atoms with E-state index in [1.54, 1.807) is 19.2 Å². The van der Waals surface area contributed by atoms with Gasteiger partial charge in [0.1, 0.15) is 5.69 Å². The van der Waals surface area contributed by atoms with Crippen molar-refractivity contribution < 1.29 is 9.13 Å². The second kappa shape index (κ2) is 8.40. The fourth-order valence-corrected chi connectivity index (χ4v) is 3.16. The molecule has 0 unspecified atom stereocenters. The third-order valence-electron chi connectivity index (χ3n) is 3.33. The molecule has 0 fully saturated rings. The molecule has 23 heavy (non-hydrogen) atoms. The lowest BCUT2D eigenvalue weighted by Gasteiger charge is -2.07. The summed E-state index contributed by atoms with van der Waals surface area (Å²) in [4.78, 5) is 11.4. The van der Waals surface area contributed by atoms with Gasteiger partial charge in [-0.1, -0.05) is 24.3 Å². The number of nitrogens with zero attached hydrogens (tertiary/aromatic N) is 1. The van der Waals surface area contributed by atoms with Crippen molar-refractivity contribution in [3.05, 3.63) is 64.2 Å². The monoisotopic (exact) mass is 333 g/mol. The summed E-state index contributed by atoms with van der Waals surface area (Å²) in [5, 5.41) is 17.0. The van der Waals surface area contributed by atoms with Gasteiger partial charge in [0.2, 0.25) is 0 Å². The van der Waals surface area contributed by atoms with Gasteiger partial charge in [0, 0.05) is 36.9 Å². The van der Waals surface area contributed by atoms with Crippen LogP contribution in [0.25, 0.3) is 0 Å². The Bertz CT molecular complexity index is 692. The van der Waals surface area contributed by atoms with Crippen molar-refractivity contribution in [3.63, 3.8) is 0 Å². The van der Waals surface area contributed by atoms with Crippen molar-refractivity contribution in [1.29, 1.82) is 0 Å². The van der Waals surface area contributed by atoms with Crippen molar-refractivity contribution in [2.24, 2.45) is 0 Å². The lowest BCUT2D eigenvalue weighted by Crippen LogP contribution is -2.20. The van der Waals surface area contributed by atoms with Crippen LogP contribution in [0.15, 0.2) is 53.4 Å². The summed E-state index contributed by atoms with van der Waals surface area (Å²) < 4.78 is 12.1. The van der Waals surface area contributed by atoms with E-state index in [0.717, 1.165) is 10.5 Å². The minimum atomic E-state index is -1.04. The Morgan fingerprint density at radius 2 is 1.91 bits per heavy atom. The van der Waals surface area contributed by atoms with Gasteiger partial charge in [-0.2, -0.15) is 0 Å². The summed E-state index contributed by atoms with van der Waals surface area (Å²) in [7, 11) is 0.613. The Kier molecular flexibility index (Phi) is 6.25. The molecular weight excluding hydrogens is 314 g/mol. The molecule has 2 N–H and O–H groups in total. The summed E-state index contributed by atoms with van der Waals surface area (Å²) >= 11 is 0. The van der Waals surface area contributed by atoms with Crippen molar-refractivity contribution in [1.82, 2.24) is 5.32 Å². The van der Waals surface area contributed by atoms with Gasteiger partial charge in [-0.3, -0.25) is 14.3 Å². The lowest BCUT2D eigenvalue weighted by atomic mass is 10.1. The maximum absolute atomic E-state index is 12.1. The van der Waals surface area contributed by atoms with Crippen LogP contribution in [0, 0.1) is 10.1 Å². The van der Waals surface area contributed by atoms with Crippen LogP contribution in [-0.4, -0.2) is 28.5 Å². The zero-order valence-corrected chi connectivity index (χ0v) is 13.6. The Morgan fingerprint density at radius 3 is 2.57 bits per heavy atom. The molecule has 0 aliphatic heterocycles. The first-order chi connectivity index (χ1) is 11.1. The van der Waals surface area contributed by atoms with E-state index in [4.69, 9.17) is 0 Å². The minimum absolute atomic E-state index is 0.0552. The van der Waals surface area contributed by atoms with Crippen LogP contribution in [0.3, 0.4) is 0 Å². The topological polar surface area (TPSA) is 84.3 Å². The average Bonchev–Trinajstić information content (AvgIpc) is 2.59. The quantitative estimate of drug-likeness (QED) is 0.440. The maximum atomic E-state index is 12.1. The van der Waals surface area contributed by atoms with Gasteiger partial charge in [-0.15, -0.1) is 0 Å². The Balaban J connectivity index is 1.86. The van der Waals surface area contributed by atoms with Crippen molar-refractivity contribution >= 4 is 22.2 Å². The molecule has 2 aromatic rings. The Morgan fingerprint density at radius 1 is 1.17 bits per heavy atom. The fourth-order valence-electron chi connectivity index (χ4n) is 2.14. The van der Waals surface area contributed by atoms with E-state index in [2.05, 4.69) is 10.6 Å². The van der Waals surface area contributed by atoms with Crippen molar-refractivity contribution in [2.45, 2.75) is 11.4 Å². The number of hydrogen-bond donors (Lipinski definition) is 2. The number of anilines is 1. The Labute approximate surface area is 137 Å². The minimum Gasteiger partial charge on any atom is -0.383 e. The first kappa shape index (κ1) is 17.1. The zero-order chi connectivity index (χ0) is 16.7. The highest BCUT2D eigenvalue weighted by Gasteiger charge is 2.13. The molecule has 1 atom stereocenters. The van der Waals surface area contributed by atoms with Crippen LogP contribution in [-0.2, 0) is 17.3 Å². The highest BCUT2D eigenvalue weighted by Crippen LogP contribution is 2.24. The summed E-state index contributed by atoms with van der Waals surface area (Å²) in [6.07, 6.45) is 0. The molecule has 0 spiro atoms.